The number of aliphatic carboxylic acids is 1. The first kappa shape index (κ1) is 17.2. The van der Waals surface area contributed by atoms with Crippen molar-refractivity contribution in [3.05, 3.63) is 24.5 Å². The summed E-state index contributed by atoms with van der Waals surface area (Å²) in [4.78, 5) is 21.4. The Hall–Kier alpha value is -1.86. The minimum absolute atomic E-state index is 0.250. The Morgan fingerprint density at radius 1 is 1.29 bits per heavy atom. The highest BCUT2D eigenvalue weighted by Crippen LogP contribution is 2.18. The maximum Gasteiger partial charge on any atom is 0.309 e. The number of aliphatic hydroxyl groups is 1. The fourth-order valence-corrected chi connectivity index (χ4v) is 2.48. The zero-order valence-electron chi connectivity index (χ0n) is 11.8. The van der Waals surface area contributed by atoms with E-state index in [0.717, 1.165) is 26.1 Å². The van der Waals surface area contributed by atoms with E-state index in [9.17, 15) is 9.90 Å². The smallest absolute Gasteiger partial charge is 0.309 e. The largest absolute Gasteiger partial charge is 0.483 e. The number of carboxylic acid groups (broad SMARTS) is 2. The van der Waals surface area contributed by atoms with Gasteiger partial charge in [-0.05, 0) is 38.1 Å². The highest BCUT2D eigenvalue weighted by molar-refractivity contribution is 5.70. The Morgan fingerprint density at radius 3 is 2.43 bits per heavy atom. The number of aryl methyl sites for hydroxylation is 1. The molecule has 118 valence electrons. The maximum absolute atomic E-state index is 10.9. The minimum Gasteiger partial charge on any atom is -0.483 e. The van der Waals surface area contributed by atoms with Gasteiger partial charge in [-0.15, -0.1) is 0 Å². The molecular formula is C14H22N2O5. The van der Waals surface area contributed by atoms with E-state index in [4.69, 9.17) is 15.0 Å². The van der Waals surface area contributed by atoms with E-state index in [1.54, 1.807) is 0 Å². The number of carbonyl (C=O) groups is 2. The standard InChI is InChI=1S/C13H20N2O3.CH2O2/c16-12-10-15(9-4-11(12)13(17)18)8-3-7-14-5-1-2-6-14;2-1-3/h1-2,5-6,11-12,16H,3-4,7-10H2,(H,17,18);1H,(H,2,3)/t11-,12+;/m0./s1. The topological polar surface area (TPSA) is 103 Å². The van der Waals surface area contributed by atoms with Crippen molar-refractivity contribution in [2.24, 2.45) is 5.92 Å². The summed E-state index contributed by atoms with van der Waals surface area (Å²) in [6.45, 7) is 2.85. The number of hydrogen-bond acceptors (Lipinski definition) is 4. The molecule has 3 N–H and O–H groups in total. The molecule has 0 amide bonds. The molecule has 2 heterocycles. The molecule has 1 aromatic heterocycles. The van der Waals surface area contributed by atoms with Crippen LogP contribution in [0.1, 0.15) is 12.8 Å². The summed E-state index contributed by atoms with van der Waals surface area (Å²) >= 11 is 0. The SMILES string of the molecule is O=C(O)[C@H]1CCN(CCCn2cccc2)C[C@H]1O.O=CO. The van der Waals surface area contributed by atoms with Gasteiger partial charge in [0.2, 0.25) is 0 Å². The van der Waals surface area contributed by atoms with E-state index in [1.807, 2.05) is 24.5 Å². The molecule has 0 radical (unpaired) electrons. The third kappa shape index (κ3) is 5.97. The zero-order valence-corrected chi connectivity index (χ0v) is 11.8. The molecule has 1 aromatic rings. The van der Waals surface area contributed by atoms with Crippen LogP contribution in [0.15, 0.2) is 24.5 Å². The molecule has 1 saturated heterocycles. The molecule has 0 unspecified atom stereocenters. The van der Waals surface area contributed by atoms with Gasteiger partial charge >= 0.3 is 5.97 Å². The summed E-state index contributed by atoms with van der Waals surface area (Å²) in [5.41, 5.74) is 0. The number of piperidine rings is 1. The van der Waals surface area contributed by atoms with E-state index in [-0.39, 0.29) is 6.47 Å². The first-order chi connectivity index (χ1) is 10.1. The van der Waals surface area contributed by atoms with Crippen LogP contribution in [-0.2, 0) is 16.1 Å². The average molecular weight is 298 g/mol. The highest BCUT2D eigenvalue weighted by atomic mass is 16.4. The Labute approximate surface area is 123 Å². The van der Waals surface area contributed by atoms with Crippen LogP contribution in [-0.4, -0.2) is 63.0 Å². The number of nitrogens with zero attached hydrogens (tertiary/aromatic N) is 2. The molecule has 21 heavy (non-hydrogen) atoms. The average Bonchev–Trinajstić information content (AvgIpc) is 2.92. The van der Waals surface area contributed by atoms with Crippen LogP contribution in [0.25, 0.3) is 0 Å². The molecule has 0 aromatic carbocycles. The lowest BCUT2D eigenvalue weighted by Gasteiger charge is -2.33. The molecule has 1 fully saturated rings. The van der Waals surface area contributed by atoms with Gasteiger partial charge in [-0.25, -0.2) is 0 Å². The highest BCUT2D eigenvalue weighted by Gasteiger charge is 2.32. The minimum atomic E-state index is -0.880. The lowest BCUT2D eigenvalue weighted by molar-refractivity contribution is -0.148. The predicted octanol–water partition coefficient (Wildman–Crippen LogP) is 0.346. The van der Waals surface area contributed by atoms with Crippen molar-refractivity contribution >= 4 is 12.4 Å². The summed E-state index contributed by atoms with van der Waals surface area (Å²) in [6, 6.07) is 4.00. The first-order valence-corrected chi connectivity index (χ1v) is 6.90. The number of hydrogen-bond donors (Lipinski definition) is 3. The Morgan fingerprint density at radius 2 is 1.90 bits per heavy atom. The van der Waals surface area contributed by atoms with E-state index in [0.29, 0.717) is 13.0 Å². The number of carboxylic acids is 1. The van der Waals surface area contributed by atoms with Crippen molar-refractivity contribution in [2.45, 2.75) is 25.5 Å². The Balaban J connectivity index is 0.000000677. The van der Waals surface area contributed by atoms with Gasteiger partial charge in [0, 0.05) is 25.5 Å². The van der Waals surface area contributed by atoms with Gasteiger partial charge in [0.1, 0.15) is 0 Å². The van der Waals surface area contributed by atoms with Crippen LogP contribution in [0.4, 0.5) is 0 Å². The summed E-state index contributed by atoms with van der Waals surface area (Å²) in [7, 11) is 0. The van der Waals surface area contributed by atoms with Gasteiger partial charge in [0.05, 0.1) is 12.0 Å². The Bertz CT molecular complexity index is 421. The number of aromatic nitrogens is 1. The molecule has 1 aliphatic rings. The lowest BCUT2D eigenvalue weighted by atomic mass is 9.94. The van der Waals surface area contributed by atoms with Crippen molar-refractivity contribution in [3.8, 4) is 0 Å². The number of likely N-dealkylation sites (tertiary alicyclic amines) is 1. The van der Waals surface area contributed by atoms with Crippen LogP contribution in [0.2, 0.25) is 0 Å². The van der Waals surface area contributed by atoms with Crippen LogP contribution in [0.3, 0.4) is 0 Å². The fourth-order valence-electron chi connectivity index (χ4n) is 2.48. The Kier molecular flexibility index (Phi) is 7.49. The third-order valence-corrected chi connectivity index (χ3v) is 3.54. The molecule has 0 spiro atoms. The van der Waals surface area contributed by atoms with Gasteiger partial charge < -0.3 is 24.8 Å². The van der Waals surface area contributed by atoms with Crippen molar-refractivity contribution in [2.75, 3.05) is 19.6 Å². The lowest BCUT2D eigenvalue weighted by Crippen LogP contribution is -2.46. The van der Waals surface area contributed by atoms with Crippen LogP contribution >= 0.6 is 0 Å². The number of β-amino-alcohol motifs (C(OH)–C–C–N with tert-alkyl or cyclic N) is 1. The van der Waals surface area contributed by atoms with Gasteiger partial charge in [-0.1, -0.05) is 0 Å². The maximum atomic E-state index is 10.9. The van der Waals surface area contributed by atoms with E-state index < -0.39 is 18.0 Å². The molecule has 0 aliphatic carbocycles. The summed E-state index contributed by atoms with van der Waals surface area (Å²) in [5.74, 6) is -1.47. The fraction of sp³-hybridized carbons (Fsp3) is 0.571. The second-order valence-electron chi connectivity index (χ2n) is 4.98. The van der Waals surface area contributed by atoms with Crippen LogP contribution in [0.5, 0.6) is 0 Å². The zero-order chi connectivity index (χ0) is 15.7. The summed E-state index contributed by atoms with van der Waals surface area (Å²) in [6.07, 6.45) is 4.89. The third-order valence-electron chi connectivity index (χ3n) is 3.54. The predicted molar refractivity (Wildman–Crippen MR) is 75.9 cm³/mol. The van der Waals surface area contributed by atoms with Gasteiger partial charge in [-0.3, -0.25) is 9.59 Å². The molecule has 7 nitrogen and oxygen atoms in total. The molecule has 7 heteroatoms. The van der Waals surface area contributed by atoms with Crippen molar-refractivity contribution in [1.29, 1.82) is 0 Å². The summed E-state index contributed by atoms with van der Waals surface area (Å²) < 4.78 is 2.13. The molecule has 0 saturated carbocycles. The molecule has 2 atom stereocenters. The van der Waals surface area contributed by atoms with E-state index >= 15 is 0 Å². The van der Waals surface area contributed by atoms with Gasteiger partial charge in [0.25, 0.3) is 6.47 Å². The second kappa shape index (κ2) is 9.15. The second-order valence-corrected chi connectivity index (χ2v) is 4.98. The molecule has 1 aliphatic heterocycles. The first-order valence-electron chi connectivity index (χ1n) is 6.90. The van der Waals surface area contributed by atoms with E-state index in [1.165, 1.54) is 0 Å². The number of aliphatic hydroxyl groups excluding tert-OH is 1. The quantitative estimate of drug-likeness (QED) is 0.678. The molecule has 2 rings (SSSR count). The van der Waals surface area contributed by atoms with Crippen LogP contribution < -0.4 is 0 Å². The van der Waals surface area contributed by atoms with E-state index in [2.05, 4.69) is 9.47 Å². The van der Waals surface area contributed by atoms with Crippen molar-refractivity contribution in [3.63, 3.8) is 0 Å². The van der Waals surface area contributed by atoms with Gasteiger partial charge in [-0.2, -0.15) is 0 Å². The van der Waals surface area contributed by atoms with Crippen molar-refractivity contribution in [1.82, 2.24) is 9.47 Å². The van der Waals surface area contributed by atoms with Crippen LogP contribution in [0, 0.1) is 5.92 Å². The summed E-state index contributed by atoms with van der Waals surface area (Å²) in [5, 5.41) is 25.6. The molecular weight excluding hydrogens is 276 g/mol. The normalized spacial score (nSPS) is 22.1. The van der Waals surface area contributed by atoms with Crippen molar-refractivity contribution < 1.29 is 24.9 Å². The molecule has 0 bridgehead atoms. The number of rotatable bonds is 5. The monoisotopic (exact) mass is 298 g/mol. The van der Waals surface area contributed by atoms with Gasteiger partial charge in [0.15, 0.2) is 0 Å².